The fourth-order valence-corrected chi connectivity index (χ4v) is 4.98. The molecule has 1 N–H and O–H groups in total. The number of pyridine rings is 1. The second-order valence-corrected chi connectivity index (χ2v) is 8.39. The Labute approximate surface area is 170 Å². The van der Waals surface area contributed by atoms with Crippen LogP contribution in [0.25, 0.3) is 10.9 Å². The van der Waals surface area contributed by atoms with Crippen LogP contribution in [0.5, 0.6) is 0 Å². The minimum Gasteiger partial charge on any atom is -0.322 e. The van der Waals surface area contributed by atoms with Gasteiger partial charge in [-0.3, -0.25) is 9.69 Å². The number of nitrogens with zero attached hydrogens (tertiary/aromatic N) is 5. The van der Waals surface area contributed by atoms with Crippen molar-refractivity contribution in [2.75, 3.05) is 13.1 Å². The number of aryl methyl sites for hydroxylation is 1. The van der Waals surface area contributed by atoms with E-state index >= 15 is 0 Å². The number of rotatable bonds is 5. The van der Waals surface area contributed by atoms with Crippen LogP contribution in [0.2, 0.25) is 0 Å². The zero-order valence-corrected chi connectivity index (χ0v) is 17.0. The highest BCUT2D eigenvalue weighted by Gasteiger charge is 2.34. The van der Waals surface area contributed by atoms with Crippen LogP contribution in [0, 0.1) is 0 Å². The maximum Gasteiger partial charge on any atom is 0.253 e. The molecule has 7 nitrogen and oxygen atoms in total. The molecule has 3 heterocycles. The van der Waals surface area contributed by atoms with Gasteiger partial charge in [0, 0.05) is 11.1 Å². The zero-order chi connectivity index (χ0) is 19.8. The molecule has 5 rings (SSSR count). The number of aromatic amines is 1. The van der Waals surface area contributed by atoms with Gasteiger partial charge in [0.05, 0.1) is 6.04 Å². The first-order valence-electron chi connectivity index (χ1n) is 10.9. The molecule has 0 amide bonds. The van der Waals surface area contributed by atoms with E-state index in [0.29, 0.717) is 6.04 Å². The molecule has 1 atom stereocenters. The summed E-state index contributed by atoms with van der Waals surface area (Å²) < 4.78 is 2.00. The van der Waals surface area contributed by atoms with E-state index in [1.807, 2.05) is 10.7 Å². The highest BCUT2D eigenvalue weighted by atomic mass is 16.1. The average molecular weight is 393 g/mol. The number of H-pyrrole nitrogens is 1. The molecule has 3 aromatic rings. The summed E-state index contributed by atoms with van der Waals surface area (Å²) in [5.74, 6) is 0.815. The summed E-state index contributed by atoms with van der Waals surface area (Å²) in [6.07, 6.45) is 7.92. The Morgan fingerprint density at radius 3 is 2.69 bits per heavy atom. The van der Waals surface area contributed by atoms with Crippen LogP contribution in [0.3, 0.4) is 0 Å². The lowest BCUT2D eigenvalue weighted by molar-refractivity contribution is 0.256. The third-order valence-corrected chi connectivity index (χ3v) is 6.58. The summed E-state index contributed by atoms with van der Waals surface area (Å²) in [5, 5.41) is 13.9. The van der Waals surface area contributed by atoms with Gasteiger partial charge in [-0.1, -0.05) is 25.8 Å². The first-order chi connectivity index (χ1) is 14.2. The highest BCUT2D eigenvalue weighted by Crippen LogP contribution is 2.35. The van der Waals surface area contributed by atoms with Crippen molar-refractivity contribution in [3.05, 3.63) is 51.6 Å². The lowest BCUT2D eigenvalue weighted by Crippen LogP contribution is -2.33. The third-order valence-electron chi connectivity index (χ3n) is 6.58. The SMILES string of the molecule is CCc1ccc2[nH]c(=O)c([C@H](c3nnnn3C3CCCC3)N3CCCC3)cc2c1. The van der Waals surface area contributed by atoms with Gasteiger partial charge in [0.25, 0.3) is 5.56 Å². The van der Waals surface area contributed by atoms with Gasteiger partial charge in [-0.05, 0) is 84.8 Å². The molecular formula is C22H28N6O. The second kappa shape index (κ2) is 7.71. The molecule has 1 saturated carbocycles. The Morgan fingerprint density at radius 1 is 1.14 bits per heavy atom. The monoisotopic (exact) mass is 392 g/mol. The maximum absolute atomic E-state index is 13.2. The first-order valence-corrected chi connectivity index (χ1v) is 10.9. The van der Waals surface area contributed by atoms with Crippen LogP contribution in [-0.2, 0) is 6.42 Å². The van der Waals surface area contributed by atoms with Crippen LogP contribution in [-0.4, -0.2) is 43.2 Å². The summed E-state index contributed by atoms with van der Waals surface area (Å²) in [6, 6.07) is 8.46. The van der Waals surface area contributed by atoms with Gasteiger partial charge in [0.1, 0.15) is 6.04 Å². The van der Waals surface area contributed by atoms with E-state index in [9.17, 15) is 4.79 Å². The van der Waals surface area contributed by atoms with E-state index in [2.05, 4.69) is 50.5 Å². The predicted molar refractivity (Wildman–Crippen MR) is 112 cm³/mol. The topological polar surface area (TPSA) is 79.7 Å². The largest absolute Gasteiger partial charge is 0.322 e. The van der Waals surface area contributed by atoms with Crippen LogP contribution in [0.15, 0.2) is 29.1 Å². The van der Waals surface area contributed by atoms with Crippen molar-refractivity contribution in [3.8, 4) is 0 Å². The Bertz CT molecular complexity index is 1060. The minimum absolute atomic E-state index is 0.0420. The van der Waals surface area contributed by atoms with Gasteiger partial charge in [0.2, 0.25) is 0 Å². The summed E-state index contributed by atoms with van der Waals surface area (Å²) in [6.45, 7) is 4.08. The molecule has 29 heavy (non-hydrogen) atoms. The molecule has 1 saturated heterocycles. The standard InChI is InChI=1S/C22H28N6O/c1-2-15-9-10-19-16(13-15)14-18(22(29)23-19)20(27-11-5-6-12-27)21-24-25-26-28(21)17-7-3-4-8-17/h9-10,13-14,17,20H,2-8,11-12H2,1H3,(H,23,29)/t20-/m1/s1. The molecule has 2 aromatic heterocycles. The fourth-order valence-electron chi connectivity index (χ4n) is 4.98. The summed E-state index contributed by atoms with van der Waals surface area (Å²) in [7, 11) is 0. The molecule has 0 spiro atoms. The van der Waals surface area contributed by atoms with E-state index in [1.165, 1.54) is 18.4 Å². The van der Waals surface area contributed by atoms with Gasteiger partial charge < -0.3 is 4.98 Å². The van der Waals surface area contributed by atoms with E-state index in [4.69, 9.17) is 0 Å². The van der Waals surface area contributed by atoms with Crippen molar-refractivity contribution in [2.45, 2.75) is 64.0 Å². The molecule has 2 aliphatic rings. The van der Waals surface area contributed by atoms with Gasteiger partial charge >= 0.3 is 0 Å². The number of aromatic nitrogens is 5. The summed E-state index contributed by atoms with van der Waals surface area (Å²) in [5.41, 5.74) is 2.86. The third kappa shape index (κ3) is 3.37. The van der Waals surface area contributed by atoms with Crippen molar-refractivity contribution >= 4 is 10.9 Å². The lowest BCUT2D eigenvalue weighted by Gasteiger charge is -2.27. The number of benzene rings is 1. The minimum atomic E-state index is -0.202. The maximum atomic E-state index is 13.2. The van der Waals surface area contributed by atoms with Gasteiger partial charge in [-0.15, -0.1) is 5.10 Å². The Balaban J connectivity index is 1.65. The van der Waals surface area contributed by atoms with Crippen LogP contribution >= 0.6 is 0 Å². The Hall–Kier alpha value is -2.54. The van der Waals surface area contributed by atoms with E-state index in [0.717, 1.165) is 67.5 Å². The summed E-state index contributed by atoms with van der Waals surface area (Å²) in [4.78, 5) is 18.6. The Kier molecular flexibility index (Phi) is 4.91. The van der Waals surface area contributed by atoms with Crippen LogP contribution < -0.4 is 5.56 Å². The number of likely N-dealkylation sites (tertiary alicyclic amines) is 1. The quantitative estimate of drug-likeness (QED) is 0.720. The predicted octanol–water partition coefficient (Wildman–Crippen LogP) is 3.38. The van der Waals surface area contributed by atoms with Gasteiger partial charge in [0.15, 0.2) is 5.82 Å². The highest BCUT2D eigenvalue weighted by molar-refractivity contribution is 5.80. The Morgan fingerprint density at radius 2 is 1.93 bits per heavy atom. The second-order valence-electron chi connectivity index (χ2n) is 8.39. The molecule has 1 aliphatic heterocycles. The molecule has 1 aliphatic carbocycles. The smallest absolute Gasteiger partial charge is 0.253 e. The van der Waals surface area contributed by atoms with E-state index < -0.39 is 0 Å². The number of hydrogen-bond donors (Lipinski definition) is 1. The number of fused-ring (bicyclic) bond motifs is 1. The van der Waals surface area contributed by atoms with E-state index in [1.54, 1.807) is 0 Å². The molecular weight excluding hydrogens is 364 g/mol. The van der Waals surface area contributed by atoms with Crippen molar-refractivity contribution in [3.63, 3.8) is 0 Å². The molecule has 0 unspecified atom stereocenters. The molecule has 0 radical (unpaired) electrons. The lowest BCUT2D eigenvalue weighted by atomic mass is 10.0. The fraction of sp³-hybridized carbons (Fsp3) is 0.545. The zero-order valence-electron chi connectivity index (χ0n) is 17.0. The van der Waals surface area contributed by atoms with Crippen LogP contribution in [0.1, 0.15) is 74.5 Å². The van der Waals surface area contributed by atoms with Gasteiger partial charge in [-0.2, -0.15) is 0 Å². The molecule has 1 aromatic carbocycles. The first kappa shape index (κ1) is 18.5. The summed E-state index contributed by atoms with van der Waals surface area (Å²) >= 11 is 0. The van der Waals surface area contributed by atoms with Gasteiger partial charge in [-0.25, -0.2) is 4.68 Å². The molecule has 7 heteroatoms. The molecule has 152 valence electrons. The van der Waals surface area contributed by atoms with Crippen molar-refractivity contribution in [2.24, 2.45) is 0 Å². The van der Waals surface area contributed by atoms with E-state index in [-0.39, 0.29) is 11.6 Å². The average Bonchev–Trinajstić information content (AvgIpc) is 3.50. The van der Waals surface area contributed by atoms with Crippen molar-refractivity contribution < 1.29 is 0 Å². The molecule has 2 fully saturated rings. The van der Waals surface area contributed by atoms with Crippen molar-refractivity contribution in [1.82, 2.24) is 30.1 Å². The molecule has 0 bridgehead atoms. The van der Waals surface area contributed by atoms with Crippen LogP contribution in [0.4, 0.5) is 0 Å². The number of tetrazole rings is 1. The van der Waals surface area contributed by atoms with Crippen molar-refractivity contribution in [1.29, 1.82) is 0 Å². The normalized spacial score (nSPS) is 19.3. The number of hydrogen-bond acceptors (Lipinski definition) is 5. The number of nitrogens with one attached hydrogen (secondary N) is 1.